The smallest absolute Gasteiger partial charge is 0.257 e. The molecule has 2 aromatic rings. The molecule has 0 aliphatic carbocycles. The summed E-state index contributed by atoms with van der Waals surface area (Å²) in [5.41, 5.74) is 3.23. The van der Waals surface area contributed by atoms with Crippen molar-refractivity contribution in [2.24, 2.45) is 0 Å². The molecule has 5 nitrogen and oxygen atoms in total. The Morgan fingerprint density at radius 1 is 1.35 bits per heavy atom. The number of likely N-dealkylation sites (N-methyl/N-ethyl adjacent to an activating group) is 1. The molecule has 1 amide bonds. The van der Waals surface area contributed by atoms with E-state index in [0.717, 1.165) is 25.1 Å². The zero-order valence-corrected chi connectivity index (χ0v) is 13.5. The number of hydrogen-bond donors (Lipinski definition) is 1. The lowest BCUT2D eigenvalue weighted by atomic mass is 10.1. The van der Waals surface area contributed by atoms with Gasteiger partial charge in [-0.25, -0.2) is 0 Å². The van der Waals surface area contributed by atoms with Crippen molar-refractivity contribution in [3.8, 4) is 11.3 Å². The first-order chi connectivity index (χ1) is 11.1. The first-order valence-corrected chi connectivity index (χ1v) is 7.81. The molecule has 1 aromatic carbocycles. The predicted molar refractivity (Wildman–Crippen MR) is 89.2 cm³/mol. The number of nitrogens with one attached hydrogen (secondary N) is 1. The molecule has 0 bridgehead atoms. The third kappa shape index (κ3) is 3.51. The maximum atomic E-state index is 12.6. The fourth-order valence-corrected chi connectivity index (χ4v) is 2.82. The quantitative estimate of drug-likeness (QED) is 0.882. The van der Waals surface area contributed by atoms with Gasteiger partial charge < -0.3 is 14.7 Å². The highest BCUT2D eigenvalue weighted by atomic mass is 16.5. The second-order valence-corrected chi connectivity index (χ2v) is 5.90. The Morgan fingerprint density at radius 3 is 2.87 bits per heavy atom. The zero-order chi connectivity index (χ0) is 16.2. The molecule has 2 heterocycles. The summed E-state index contributed by atoms with van der Waals surface area (Å²) in [6.07, 6.45) is 3.24. The number of rotatable bonds is 4. The van der Waals surface area contributed by atoms with Crippen LogP contribution in [0.15, 0.2) is 46.5 Å². The molecule has 120 valence electrons. The van der Waals surface area contributed by atoms with Crippen LogP contribution < -0.4 is 5.32 Å². The summed E-state index contributed by atoms with van der Waals surface area (Å²) in [7, 11) is 2.09. The minimum Gasteiger partial charge on any atom is -0.360 e. The van der Waals surface area contributed by atoms with Gasteiger partial charge in [0.05, 0.1) is 0 Å². The molecule has 0 saturated carbocycles. The maximum absolute atomic E-state index is 12.6. The second kappa shape index (κ2) is 6.79. The van der Waals surface area contributed by atoms with Gasteiger partial charge in [0, 0.05) is 25.2 Å². The van der Waals surface area contributed by atoms with E-state index in [0.29, 0.717) is 23.6 Å². The van der Waals surface area contributed by atoms with Crippen LogP contribution in [0.4, 0.5) is 0 Å². The highest BCUT2D eigenvalue weighted by Crippen LogP contribution is 2.24. The second-order valence-electron chi connectivity index (χ2n) is 5.90. The van der Waals surface area contributed by atoms with Gasteiger partial charge in [-0.3, -0.25) is 4.79 Å². The van der Waals surface area contributed by atoms with Gasteiger partial charge in [0.15, 0.2) is 0 Å². The third-order valence-electron chi connectivity index (χ3n) is 4.03. The van der Waals surface area contributed by atoms with E-state index >= 15 is 0 Å². The van der Waals surface area contributed by atoms with E-state index < -0.39 is 0 Å². The maximum Gasteiger partial charge on any atom is 0.257 e. The first-order valence-electron chi connectivity index (χ1n) is 7.81. The van der Waals surface area contributed by atoms with E-state index in [4.69, 9.17) is 4.52 Å². The number of carbonyl (C=O) groups excluding carboxylic acids is 1. The lowest BCUT2D eigenvalue weighted by Gasteiger charge is -2.23. The van der Waals surface area contributed by atoms with Gasteiger partial charge in [0.2, 0.25) is 0 Å². The number of aromatic nitrogens is 1. The van der Waals surface area contributed by atoms with Crippen LogP contribution in [0.25, 0.3) is 11.3 Å². The van der Waals surface area contributed by atoms with Crippen LogP contribution in [0, 0.1) is 6.92 Å². The van der Waals surface area contributed by atoms with Crippen LogP contribution in [-0.4, -0.2) is 42.6 Å². The third-order valence-corrected chi connectivity index (χ3v) is 4.03. The van der Waals surface area contributed by atoms with Crippen molar-refractivity contribution in [3.63, 3.8) is 0 Å². The molecule has 1 aliphatic rings. The van der Waals surface area contributed by atoms with Crippen molar-refractivity contribution in [1.29, 1.82) is 0 Å². The molecule has 1 aliphatic heterocycles. The summed E-state index contributed by atoms with van der Waals surface area (Å²) in [5.74, 6) is 0.396. The van der Waals surface area contributed by atoms with Crippen LogP contribution >= 0.6 is 0 Å². The van der Waals surface area contributed by atoms with Gasteiger partial charge in [-0.15, -0.1) is 0 Å². The molecule has 0 saturated heterocycles. The average Bonchev–Trinajstić information content (AvgIpc) is 2.95. The summed E-state index contributed by atoms with van der Waals surface area (Å²) < 4.78 is 5.25. The van der Waals surface area contributed by atoms with Gasteiger partial charge in [-0.1, -0.05) is 41.6 Å². The lowest BCUT2D eigenvalue weighted by molar-refractivity contribution is 0.0955. The van der Waals surface area contributed by atoms with Gasteiger partial charge in [-0.05, 0) is 26.0 Å². The monoisotopic (exact) mass is 311 g/mol. The molecule has 1 N–H and O–H groups in total. The normalized spacial score (nSPS) is 15.3. The van der Waals surface area contributed by atoms with Crippen LogP contribution in [0.2, 0.25) is 0 Å². The van der Waals surface area contributed by atoms with Crippen molar-refractivity contribution in [2.45, 2.75) is 13.3 Å². The molecule has 0 atom stereocenters. The van der Waals surface area contributed by atoms with Crippen LogP contribution in [-0.2, 0) is 0 Å². The van der Waals surface area contributed by atoms with E-state index in [1.807, 2.05) is 30.3 Å². The van der Waals surface area contributed by atoms with Crippen LogP contribution in [0.5, 0.6) is 0 Å². The highest BCUT2D eigenvalue weighted by molar-refractivity contribution is 6.00. The molecule has 5 heteroatoms. The number of benzene rings is 1. The van der Waals surface area contributed by atoms with Gasteiger partial charge >= 0.3 is 0 Å². The Bertz CT molecular complexity index is 719. The van der Waals surface area contributed by atoms with Crippen molar-refractivity contribution in [2.75, 3.05) is 26.7 Å². The molecule has 1 aromatic heterocycles. The molecular weight excluding hydrogens is 290 g/mol. The highest BCUT2D eigenvalue weighted by Gasteiger charge is 2.21. The zero-order valence-electron chi connectivity index (χ0n) is 13.5. The van der Waals surface area contributed by atoms with Crippen molar-refractivity contribution in [1.82, 2.24) is 15.4 Å². The minimum absolute atomic E-state index is 0.142. The number of hydrogen-bond acceptors (Lipinski definition) is 4. The Hall–Kier alpha value is -2.40. The van der Waals surface area contributed by atoms with E-state index in [1.165, 1.54) is 5.57 Å². The molecular formula is C18H21N3O2. The standard InChI is InChI=1S/C18H21N3O2/c1-13-16(17(20-23-13)15-8-4-3-5-9-15)18(22)19-11-14-7-6-10-21(2)12-14/h3-5,7-9H,6,10-12H2,1-2H3,(H,19,22). The number of nitrogens with zero attached hydrogens (tertiary/aromatic N) is 2. The molecule has 23 heavy (non-hydrogen) atoms. The average molecular weight is 311 g/mol. The largest absolute Gasteiger partial charge is 0.360 e. The molecule has 0 radical (unpaired) electrons. The Morgan fingerprint density at radius 2 is 2.13 bits per heavy atom. The van der Waals surface area contributed by atoms with Gasteiger partial charge in [0.25, 0.3) is 5.91 Å². The summed E-state index contributed by atoms with van der Waals surface area (Å²) in [5, 5.41) is 7.05. The molecule has 0 fully saturated rings. The number of carbonyl (C=O) groups is 1. The number of aryl methyl sites for hydroxylation is 1. The minimum atomic E-state index is -0.142. The van der Waals surface area contributed by atoms with Crippen molar-refractivity contribution >= 4 is 5.91 Å². The molecule has 0 unspecified atom stereocenters. The Kier molecular flexibility index (Phi) is 4.57. The fraction of sp³-hybridized carbons (Fsp3) is 0.333. The Labute approximate surface area is 136 Å². The topological polar surface area (TPSA) is 58.4 Å². The fourth-order valence-electron chi connectivity index (χ4n) is 2.82. The summed E-state index contributed by atoms with van der Waals surface area (Å²) >= 11 is 0. The van der Waals surface area contributed by atoms with Crippen molar-refractivity contribution < 1.29 is 9.32 Å². The summed E-state index contributed by atoms with van der Waals surface area (Å²) in [6.45, 7) is 4.29. The van der Waals surface area contributed by atoms with E-state index in [1.54, 1.807) is 6.92 Å². The molecule has 0 spiro atoms. The summed E-state index contributed by atoms with van der Waals surface area (Å²) in [4.78, 5) is 14.8. The lowest BCUT2D eigenvalue weighted by Crippen LogP contribution is -2.33. The SMILES string of the molecule is Cc1onc(-c2ccccc2)c1C(=O)NCC1=CCCN(C)C1. The van der Waals surface area contributed by atoms with Gasteiger partial charge in [0.1, 0.15) is 17.0 Å². The van der Waals surface area contributed by atoms with Gasteiger partial charge in [-0.2, -0.15) is 0 Å². The van der Waals surface area contributed by atoms with Crippen LogP contribution in [0.1, 0.15) is 22.5 Å². The first kappa shape index (κ1) is 15.5. The van der Waals surface area contributed by atoms with E-state index in [2.05, 4.69) is 28.5 Å². The van der Waals surface area contributed by atoms with Crippen LogP contribution in [0.3, 0.4) is 0 Å². The summed E-state index contributed by atoms with van der Waals surface area (Å²) in [6, 6.07) is 9.62. The Balaban J connectivity index is 1.75. The molecule has 3 rings (SSSR count). The van der Waals surface area contributed by atoms with E-state index in [9.17, 15) is 4.79 Å². The predicted octanol–water partition coefficient (Wildman–Crippen LogP) is 2.64. The van der Waals surface area contributed by atoms with Crippen molar-refractivity contribution in [3.05, 3.63) is 53.3 Å². The number of amides is 1. The van der Waals surface area contributed by atoms with E-state index in [-0.39, 0.29) is 5.91 Å².